The zero-order valence-corrected chi connectivity index (χ0v) is 11.4. The van der Waals surface area contributed by atoms with Crippen LogP contribution in [0.15, 0.2) is 18.2 Å². The molecule has 1 N–H and O–H groups in total. The van der Waals surface area contributed by atoms with Crippen LogP contribution in [0.1, 0.15) is 42.4 Å². The summed E-state index contributed by atoms with van der Waals surface area (Å²) in [4.78, 5) is 0. The van der Waals surface area contributed by atoms with Gasteiger partial charge < -0.3 is 5.32 Å². The summed E-state index contributed by atoms with van der Waals surface area (Å²) in [6.07, 6.45) is 6.80. The first kappa shape index (κ1) is 12.6. The molecule has 2 atom stereocenters. The van der Waals surface area contributed by atoms with E-state index in [9.17, 15) is 0 Å². The molecule has 0 bridgehead atoms. The van der Waals surface area contributed by atoms with Crippen LogP contribution in [-0.4, -0.2) is 13.1 Å². The fourth-order valence-electron chi connectivity index (χ4n) is 3.13. The first-order valence-electron chi connectivity index (χ1n) is 6.94. The Morgan fingerprint density at radius 2 is 1.94 bits per heavy atom. The van der Waals surface area contributed by atoms with E-state index in [1.807, 2.05) is 0 Å². The molecule has 1 saturated carbocycles. The zero-order valence-electron chi connectivity index (χ0n) is 11.4. The standard InChI is InChI=1S/C16H25N/c1-12-8-9-13(2)15(10-12)11-14-6-4-5-7-16(14)17-3/h8-10,14,16-17H,4-7,11H2,1-3H3. The molecular weight excluding hydrogens is 206 g/mol. The van der Waals surface area contributed by atoms with Gasteiger partial charge in [-0.05, 0) is 57.2 Å². The van der Waals surface area contributed by atoms with Gasteiger partial charge in [0.1, 0.15) is 0 Å². The number of rotatable bonds is 3. The second kappa shape index (κ2) is 5.68. The van der Waals surface area contributed by atoms with Crippen LogP contribution in [-0.2, 0) is 6.42 Å². The van der Waals surface area contributed by atoms with Gasteiger partial charge in [0.25, 0.3) is 0 Å². The van der Waals surface area contributed by atoms with Crippen LogP contribution in [0.4, 0.5) is 0 Å². The van der Waals surface area contributed by atoms with Gasteiger partial charge in [0, 0.05) is 6.04 Å². The van der Waals surface area contributed by atoms with Gasteiger partial charge in [-0.25, -0.2) is 0 Å². The zero-order chi connectivity index (χ0) is 12.3. The molecule has 1 aromatic rings. The smallest absolute Gasteiger partial charge is 0.00955 e. The van der Waals surface area contributed by atoms with Gasteiger partial charge in [-0.15, -0.1) is 0 Å². The molecule has 2 rings (SSSR count). The highest BCUT2D eigenvalue weighted by Crippen LogP contribution is 2.28. The second-order valence-corrected chi connectivity index (χ2v) is 5.57. The van der Waals surface area contributed by atoms with Crippen LogP contribution in [0, 0.1) is 19.8 Å². The van der Waals surface area contributed by atoms with Crippen molar-refractivity contribution in [1.29, 1.82) is 0 Å². The third-order valence-corrected chi connectivity index (χ3v) is 4.27. The van der Waals surface area contributed by atoms with E-state index in [0.29, 0.717) is 0 Å². The summed E-state index contributed by atoms with van der Waals surface area (Å²) in [5.74, 6) is 0.828. The van der Waals surface area contributed by atoms with Crippen molar-refractivity contribution >= 4 is 0 Å². The van der Waals surface area contributed by atoms with Crippen molar-refractivity contribution < 1.29 is 0 Å². The van der Waals surface area contributed by atoms with Crippen molar-refractivity contribution in [2.75, 3.05) is 7.05 Å². The van der Waals surface area contributed by atoms with Crippen LogP contribution < -0.4 is 5.32 Å². The number of aryl methyl sites for hydroxylation is 2. The fraction of sp³-hybridized carbons (Fsp3) is 0.625. The first-order chi connectivity index (χ1) is 8.20. The fourth-order valence-corrected chi connectivity index (χ4v) is 3.13. The summed E-state index contributed by atoms with van der Waals surface area (Å²) in [6, 6.07) is 7.58. The Bertz CT molecular complexity index is 370. The van der Waals surface area contributed by atoms with Crippen LogP contribution in [0.2, 0.25) is 0 Å². The Balaban J connectivity index is 2.10. The molecule has 0 saturated heterocycles. The summed E-state index contributed by atoms with van der Waals surface area (Å²) in [5.41, 5.74) is 4.40. The molecule has 0 aliphatic heterocycles. The molecule has 0 radical (unpaired) electrons. The van der Waals surface area contributed by atoms with Crippen LogP contribution in [0.3, 0.4) is 0 Å². The minimum atomic E-state index is 0.726. The third-order valence-electron chi connectivity index (χ3n) is 4.27. The van der Waals surface area contributed by atoms with Gasteiger partial charge in [-0.1, -0.05) is 36.6 Å². The van der Waals surface area contributed by atoms with E-state index < -0.39 is 0 Å². The lowest BCUT2D eigenvalue weighted by Crippen LogP contribution is -2.37. The number of hydrogen-bond donors (Lipinski definition) is 1. The normalized spacial score (nSPS) is 24.9. The molecule has 2 unspecified atom stereocenters. The summed E-state index contributed by atoms with van der Waals surface area (Å²) in [7, 11) is 2.12. The molecule has 1 aromatic carbocycles. The van der Waals surface area contributed by atoms with Crippen molar-refractivity contribution in [3.8, 4) is 0 Å². The van der Waals surface area contributed by atoms with E-state index in [-0.39, 0.29) is 0 Å². The van der Waals surface area contributed by atoms with Gasteiger partial charge in [0.2, 0.25) is 0 Å². The van der Waals surface area contributed by atoms with E-state index in [0.717, 1.165) is 12.0 Å². The number of benzene rings is 1. The Morgan fingerprint density at radius 3 is 2.71 bits per heavy atom. The molecule has 1 heteroatoms. The molecule has 0 aromatic heterocycles. The van der Waals surface area contributed by atoms with Crippen molar-refractivity contribution in [1.82, 2.24) is 5.32 Å². The largest absolute Gasteiger partial charge is 0.317 e. The van der Waals surface area contributed by atoms with Gasteiger partial charge in [0.15, 0.2) is 0 Å². The average Bonchev–Trinajstić information content (AvgIpc) is 2.34. The number of hydrogen-bond acceptors (Lipinski definition) is 1. The monoisotopic (exact) mass is 231 g/mol. The van der Waals surface area contributed by atoms with Crippen molar-refractivity contribution in [2.24, 2.45) is 5.92 Å². The molecule has 1 aliphatic carbocycles. The molecular formula is C16H25N. The van der Waals surface area contributed by atoms with Crippen LogP contribution >= 0.6 is 0 Å². The van der Waals surface area contributed by atoms with E-state index in [2.05, 4.69) is 44.4 Å². The van der Waals surface area contributed by atoms with Crippen molar-refractivity contribution in [3.63, 3.8) is 0 Å². The Kier molecular flexibility index (Phi) is 4.22. The number of nitrogens with one attached hydrogen (secondary N) is 1. The molecule has 94 valence electrons. The first-order valence-corrected chi connectivity index (χ1v) is 6.94. The Morgan fingerprint density at radius 1 is 1.18 bits per heavy atom. The summed E-state index contributed by atoms with van der Waals surface area (Å²) < 4.78 is 0. The molecule has 1 nitrogen and oxygen atoms in total. The van der Waals surface area contributed by atoms with Gasteiger partial charge >= 0.3 is 0 Å². The molecule has 1 aliphatic rings. The topological polar surface area (TPSA) is 12.0 Å². The quantitative estimate of drug-likeness (QED) is 0.837. The Hall–Kier alpha value is -0.820. The predicted octanol–water partition coefficient (Wildman–Crippen LogP) is 3.62. The maximum absolute atomic E-state index is 3.51. The molecule has 1 fully saturated rings. The van der Waals surface area contributed by atoms with E-state index in [1.54, 1.807) is 5.56 Å². The highest BCUT2D eigenvalue weighted by atomic mass is 14.9. The van der Waals surface area contributed by atoms with Crippen molar-refractivity contribution in [3.05, 3.63) is 34.9 Å². The average molecular weight is 231 g/mol. The highest BCUT2D eigenvalue weighted by molar-refractivity contribution is 5.31. The minimum Gasteiger partial charge on any atom is -0.317 e. The lowest BCUT2D eigenvalue weighted by Gasteiger charge is -2.31. The molecule has 0 heterocycles. The summed E-state index contributed by atoms with van der Waals surface area (Å²) in [6.45, 7) is 4.44. The molecule has 17 heavy (non-hydrogen) atoms. The third kappa shape index (κ3) is 3.10. The van der Waals surface area contributed by atoms with Crippen molar-refractivity contribution in [2.45, 2.75) is 52.0 Å². The molecule has 0 spiro atoms. The van der Waals surface area contributed by atoms with Crippen LogP contribution in [0.5, 0.6) is 0 Å². The maximum atomic E-state index is 3.51. The van der Waals surface area contributed by atoms with E-state index in [4.69, 9.17) is 0 Å². The van der Waals surface area contributed by atoms with E-state index >= 15 is 0 Å². The Labute approximate surface area is 106 Å². The summed E-state index contributed by atoms with van der Waals surface area (Å²) >= 11 is 0. The second-order valence-electron chi connectivity index (χ2n) is 5.57. The maximum Gasteiger partial charge on any atom is 0.00955 e. The lowest BCUT2D eigenvalue weighted by atomic mass is 9.80. The SMILES string of the molecule is CNC1CCCCC1Cc1cc(C)ccc1C. The predicted molar refractivity (Wildman–Crippen MR) is 74.4 cm³/mol. The van der Waals surface area contributed by atoms with E-state index in [1.165, 1.54) is 43.2 Å². The highest BCUT2D eigenvalue weighted by Gasteiger charge is 2.24. The van der Waals surface area contributed by atoms with Gasteiger partial charge in [-0.3, -0.25) is 0 Å². The minimum absolute atomic E-state index is 0.726. The summed E-state index contributed by atoms with van der Waals surface area (Å²) in [5, 5.41) is 3.51. The lowest BCUT2D eigenvalue weighted by molar-refractivity contribution is 0.272. The van der Waals surface area contributed by atoms with Gasteiger partial charge in [-0.2, -0.15) is 0 Å². The molecule has 0 amide bonds. The van der Waals surface area contributed by atoms with Crippen LogP contribution in [0.25, 0.3) is 0 Å². The van der Waals surface area contributed by atoms with Gasteiger partial charge in [0.05, 0.1) is 0 Å².